The second-order valence-corrected chi connectivity index (χ2v) is 11.0. The van der Waals surface area contributed by atoms with Crippen LogP contribution in [0.3, 0.4) is 0 Å². The molecule has 2 aliphatic heterocycles. The van der Waals surface area contributed by atoms with Crippen LogP contribution in [0.5, 0.6) is 0 Å². The highest BCUT2D eigenvalue weighted by Crippen LogP contribution is 2.38. The molecule has 2 heterocycles. The van der Waals surface area contributed by atoms with Gasteiger partial charge in [0, 0.05) is 30.1 Å². The number of piperidine rings is 1. The maximum atomic E-state index is 2.76. The van der Waals surface area contributed by atoms with E-state index in [9.17, 15) is 0 Å². The molecule has 0 amide bonds. The first-order valence-electron chi connectivity index (χ1n) is 11.9. The van der Waals surface area contributed by atoms with E-state index < -0.39 is 7.92 Å². The van der Waals surface area contributed by atoms with E-state index in [4.69, 9.17) is 0 Å². The third-order valence-corrected chi connectivity index (χ3v) is 9.24. The summed E-state index contributed by atoms with van der Waals surface area (Å²) in [7, 11) is -0.581. The van der Waals surface area contributed by atoms with Crippen molar-refractivity contribution in [3.05, 3.63) is 84.9 Å². The zero-order chi connectivity index (χ0) is 20.9. The quantitative estimate of drug-likeness (QED) is 0.516. The lowest BCUT2D eigenvalue weighted by Gasteiger charge is -2.41. The lowest BCUT2D eigenvalue weighted by molar-refractivity contribution is 0.285. The van der Waals surface area contributed by atoms with Gasteiger partial charge in [-0.2, -0.15) is 0 Å². The van der Waals surface area contributed by atoms with Crippen molar-refractivity contribution in [2.24, 2.45) is 0 Å². The molecule has 1 atom stereocenters. The maximum Gasteiger partial charge on any atom is 0.0453 e. The first-order chi connectivity index (χ1) is 15.4. The Hall–Kier alpha value is -2.15. The van der Waals surface area contributed by atoms with Gasteiger partial charge < -0.3 is 9.80 Å². The van der Waals surface area contributed by atoms with Gasteiger partial charge in [-0.3, -0.25) is 0 Å². The fraction of sp³-hybridized carbons (Fsp3) is 0.357. The van der Waals surface area contributed by atoms with Crippen molar-refractivity contribution in [2.45, 2.75) is 38.1 Å². The van der Waals surface area contributed by atoms with Crippen molar-refractivity contribution in [3.8, 4) is 0 Å². The Bertz CT molecular complexity index is 914. The van der Waals surface area contributed by atoms with Gasteiger partial charge in [0.2, 0.25) is 0 Å². The van der Waals surface area contributed by atoms with E-state index in [1.807, 2.05) is 0 Å². The summed E-state index contributed by atoms with van der Waals surface area (Å²) in [5.41, 5.74) is 1.46. The van der Waals surface area contributed by atoms with Crippen molar-refractivity contribution in [3.63, 3.8) is 0 Å². The summed E-state index contributed by atoms with van der Waals surface area (Å²) in [6.45, 7) is 4.98. The van der Waals surface area contributed by atoms with E-state index in [1.54, 1.807) is 0 Å². The zero-order valence-corrected chi connectivity index (χ0v) is 19.3. The molecule has 0 N–H and O–H groups in total. The Labute approximate surface area is 188 Å². The molecule has 0 radical (unpaired) electrons. The van der Waals surface area contributed by atoms with Gasteiger partial charge in [0.05, 0.1) is 0 Å². The SMILES string of the molecule is c1ccc(P(c2ccccc2)c2ccccc2N2CCCC[C@H]2CN2CCCC2)cc1. The molecule has 2 aliphatic rings. The summed E-state index contributed by atoms with van der Waals surface area (Å²) in [5.74, 6) is 0. The van der Waals surface area contributed by atoms with Gasteiger partial charge in [-0.15, -0.1) is 0 Å². The minimum absolute atomic E-state index is 0.581. The number of hydrogen-bond donors (Lipinski definition) is 0. The van der Waals surface area contributed by atoms with Crippen molar-refractivity contribution in [1.29, 1.82) is 0 Å². The van der Waals surface area contributed by atoms with E-state index in [2.05, 4.69) is 94.7 Å². The molecule has 0 spiro atoms. The number of anilines is 1. The van der Waals surface area contributed by atoms with Crippen molar-refractivity contribution in [2.75, 3.05) is 31.1 Å². The monoisotopic (exact) mass is 428 g/mol. The van der Waals surface area contributed by atoms with Crippen LogP contribution >= 0.6 is 7.92 Å². The maximum absolute atomic E-state index is 2.76. The average molecular weight is 429 g/mol. The first-order valence-corrected chi connectivity index (χ1v) is 13.2. The smallest absolute Gasteiger partial charge is 0.0453 e. The molecule has 3 heteroatoms. The van der Waals surface area contributed by atoms with E-state index in [-0.39, 0.29) is 0 Å². The number of rotatable bonds is 6. The third kappa shape index (κ3) is 4.71. The number of para-hydroxylation sites is 1. The summed E-state index contributed by atoms with van der Waals surface area (Å²) < 4.78 is 0. The predicted octanol–water partition coefficient (Wildman–Crippen LogP) is 4.90. The molecule has 0 aliphatic carbocycles. The normalized spacial score (nSPS) is 19.8. The lowest BCUT2D eigenvalue weighted by atomic mass is 10.0. The highest BCUT2D eigenvalue weighted by molar-refractivity contribution is 7.80. The molecule has 2 nitrogen and oxygen atoms in total. The molecule has 2 fully saturated rings. The van der Waals surface area contributed by atoms with Gasteiger partial charge in [0.15, 0.2) is 0 Å². The number of nitrogens with zero attached hydrogens (tertiary/aromatic N) is 2. The van der Waals surface area contributed by atoms with Gasteiger partial charge in [0.25, 0.3) is 0 Å². The van der Waals surface area contributed by atoms with Crippen LogP contribution in [0.2, 0.25) is 0 Å². The second kappa shape index (κ2) is 9.98. The van der Waals surface area contributed by atoms with Crippen LogP contribution in [0, 0.1) is 0 Å². The first kappa shape index (κ1) is 20.7. The van der Waals surface area contributed by atoms with Crippen molar-refractivity contribution in [1.82, 2.24) is 4.90 Å². The van der Waals surface area contributed by atoms with E-state index in [1.165, 1.54) is 79.9 Å². The van der Waals surface area contributed by atoms with Crippen LogP contribution in [0.1, 0.15) is 32.1 Å². The van der Waals surface area contributed by atoms with Gasteiger partial charge in [-0.05, 0) is 69.8 Å². The molecular weight excluding hydrogens is 395 g/mol. The molecular formula is C28H33N2P. The fourth-order valence-corrected chi connectivity index (χ4v) is 7.71. The Balaban J connectivity index is 1.55. The van der Waals surface area contributed by atoms with Gasteiger partial charge in [-0.1, -0.05) is 78.9 Å². The minimum Gasteiger partial charge on any atom is -0.367 e. The number of likely N-dealkylation sites (tertiary alicyclic amines) is 1. The molecule has 0 bridgehead atoms. The summed E-state index contributed by atoms with van der Waals surface area (Å²) in [4.78, 5) is 5.46. The van der Waals surface area contributed by atoms with Crippen LogP contribution in [-0.2, 0) is 0 Å². The molecule has 2 saturated heterocycles. The van der Waals surface area contributed by atoms with E-state index in [0.717, 1.165) is 0 Å². The summed E-state index contributed by atoms with van der Waals surface area (Å²) in [6.07, 6.45) is 6.73. The zero-order valence-electron chi connectivity index (χ0n) is 18.4. The Kier molecular flexibility index (Phi) is 6.68. The van der Waals surface area contributed by atoms with Gasteiger partial charge >= 0.3 is 0 Å². The molecule has 0 unspecified atom stereocenters. The van der Waals surface area contributed by atoms with E-state index >= 15 is 0 Å². The van der Waals surface area contributed by atoms with Crippen molar-refractivity contribution >= 4 is 29.5 Å². The summed E-state index contributed by atoms with van der Waals surface area (Å²) in [6, 6.07) is 32.2. The van der Waals surface area contributed by atoms with Crippen LogP contribution < -0.4 is 20.8 Å². The van der Waals surface area contributed by atoms with Crippen LogP contribution in [0.25, 0.3) is 0 Å². The lowest BCUT2D eigenvalue weighted by Crippen LogP contribution is -2.48. The molecule has 160 valence electrons. The molecule has 0 saturated carbocycles. The third-order valence-electron chi connectivity index (χ3n) is 6.76. The number of benzene rings is 3. The highest BCUT2D eigenvalue weighted by Gasteiger charge is 2.29. The standard InChI is InChI=1S/C28H33N2P/c1-3-14-25(15-4-1)31(26-16-5-2-6-17-26)28-19-8-7-18-27(28)30-22-10-9-13-24(30)23-29-20-11-12-21-29/h1-8,14-19,24H,9-13,20-23H2/t24-/m0/s1. The summed E-state index contributed by atoms with van der Waals surface area (Å²) >= 11 is 0. The number of hydrogen-bond acceptors (Lipinski definition) is 2. The predicted molar refractivity (Wildman–Crippen MR) is 136 cm³/mol. The minimum atomic E-state index is -0.581. The van der Waals surface area contributed by atoms with Gasteiger partial charge in [0.1, 0.15) is 0 Å². The van der Waals surface area contributed by atoms with E-state index in [0.29, 0.717) is 6.04 Å². The molecule has 3 aromatic rings. The second-order valence-electron chi connectivity index (χ2n) is 8.85. The van der Waals surface area contributed by atoms with Crippen LogP contribution in [0.15, 0.2) is 84.9 Å². The Morgan fingerprint density at radius 1 is 0.645 bits per heavy atom. The fourth-order valence-electron chi connectivity index (χ4n) is 5.25. The Morgan fingerprint density at radius 2 is 1.23 bits per heavy atom. The average Bonchev–Trinajstić information content (AvgIpc) is 3.35. The summed E-state index contributed by atoms with van der Waals surface area (Å²) in [5, 5.41) is 4.37. The molecule has 5 rings (SSSR count). The Morgan fingerprint density at radius 3 is 1.90 bits per heavy atom. The molecule has 31 heavy (non-hydrogen) atoms. The van der Waals surface area contributed by atoms with Crippen LogP contribution in [0.4, 0.5) is 5.69 Å². The highest BCUT2D eigenvalue weighted by atomic mass is 31.1. The van der Waals surface area contributed by atoms with Crippen LogP contribution in [-0.4, -0.2) is 37.1 Å². The molecule has 0 aromatic heterocycles. The topological polar surface area (TPSA) is 6.48 Å². The van der Waals surface area contributed by atoms with Crippen molar-refractivity contribution < 1.29 is 0 Å². The van der Waals surface area contributed by atoms with Gasteiger partial charge in [-0.25, -0.2) is 0 Å². The molecule has 3 aromatic carbocycles. The largest absolute Gasteiger partial charge is 0.367 e.